The second kappa shape index (κ2) is 20.8. The standard InChI is InChI=1S/C23H20N4O2S.C13H10O3S.C10H12N4/c1-16(28)20-6-7-21(30-20)18-3-2-4-19(13-18)23(29)27-11-9-26(10-12-27)22-8-5-17(14-24)15-25-22;1-8(14)11-5-6-12(17-11)9-3-2-4-10(7-9)13(15)16;11-7-9-1-2-10(13-8-9)14-5-3-12-4-6-14/h2-8,13,15H,9-12H2,1H3;2-7H,1H3,(H,15,16);1-2,8,12H,3-6H2. The quantitative estimate of drug-likeness (QED) is 0.144. The minimum atomic E-state index is -0.949. The maximum absolute atomic E-state index is 13.0. The highest BCUT2D eigenvalue weighted by molar-refractivity contribution is 7.17. The van der Waals surface area contributed by atoms with E-state index in [1.54, 1.807) is 49.6 Å². The van der Waals surface area contributed by atoms with Gasteiger partial charge in [-0.15, -0.1) is 22.7 Å². The Morgan fingerprint density at radius 2 is 1.10 bits per heavy atom. The normalized spacial score (nSPS) is 13.3. The highest BCUT2D eigenvalue weighted by atomic mass is 32.1. The van der Waals surface area contributed by atoms with Gasteiger partial charge in [0.15, 0.2) is 11.6 Å². The third-order valence-corrected chi connectivity index (χ3v) is 12.3. The number of rotatable bonds is 8. The van der Waals surface area contributed by atoms with Gasteiger partial charge in [0.25, 0.3) is 5.91 Å². The molecule has 0 spiro atoms. The van der Waals surface area contributed by atoms with E-state index < -0.39 is 5.97 Å². The molecule has 0 atom stereocenters. The first kappa shape index (κ1) is 43.5. The number of nitriles is 2. The fourth-order valence-corrected chi connectivity index (χ4v) is 8.26. The first-order chi connectivity index (χ1) is 29.5. The number of ketones is 2. The van der Waals surface area contributed by atoms with Crippen molar-refractivity contribution >= 4 is 57.8 Å². The van der Waals surface area contributed by atoms with Crippen molar-refractivity contribution in [2.45, 2.75) is 13.8 Å². The van der Waals surface area contributed by atoms with Gasteiger partial charge in [0.05, 0.1) is 26.4 Å². The lowest BCUT2D eigenvalue weighted by Gasteiger charge is -2.35. The summed E-state index contributed by atoms with van der Waals surface area (Å²) < 4.78 is 0. The molecule has 2 aliphatic rings. The van der Waals surface area contributed by atoms with Crippen LogP contribution in [0.1, 0.15) is 65.0 Å². The van der Waals surface area contributed by atoms with Crippen LogP contribution in [0.15, 0.2) is 109 Å². The number of benzene rings is 2. The number of carbonyl (C=O) groups excluding carboxylic acids is 3. The lowest BCUT2D eigenvalue weighted by molar-refractivity contribution is 0.0695. The van der Waals surface area contributed by atoms with Crippen molar-refractivity contribution in [2.75, 3.05) is 62.2 Å². The zero-order valence-electron chi connectivity index (χ0n) is 33.6. The summed E-state index contributed by atoms with van der Waals surface area (Å²) in [5.41, 5.74) is 3.81. The first-order valence-electron chi connectivity index (χ1n) is 19.4. The Hall–Kier alpha value is -7.04. The SMILES string of the molecule is CC(=O)c1ccc(-c2cccc(C(=O)N3CCN(c4ccc(C#N)cn4)CC3)c2)s1.CC(=O)c1ccc(-c2cccc(C(=O)O)c2)s1.N#Cc1ccc(N2CCNCC2)nc1. The monoisotopic (exact) mass is 850 g/mol. The summed E-state index contributed by atoms with van der Waals surface area (Å²) in [6.45, 7) is 9.65. The van der Waals surface area contributed by atoms with Gasteiger partial charge in [-0.2, -0.15) is 10.5 Å². The van der Waals surface area contributed by atoms with Crippen LogP contribution in [0.3, 0.4) is 0 Å². The number of anilines is 2. The number of carboxylic acids is 1. The largest absolute Gasteiger partial charge is 0.478 e. The van der Waals surface area contributed by atoms with Crippen molar-refractivity contribution in [1.82, 2.24) is 20.2 Å². The van der Waals surface area contributed by atoms with E-state index in [0.29, 0.717) is 52.6 Å². The van der Waals surface area contributed by atoms with E-state index in [0.717, 1.165) is 58.7 Å². The van der Waals surface area contributed by atoms with Crippen LogP contribution in [-0.4, -0.2) is 95.8 Å². The molecule has 4 aromatic heterocycles. The van der Waals surface area contributed by atoms with Gasteiger partial charge < -0.3 is 25.1 Å². The summed E-state index contributed by atoms with van der Waals surface area (Å²) in [5.74, 6) is 0.916. The molecule has 2 fully saturated rings. The molecule has 2 aromatic carbocycles. The molecule has 6 aromatic rings. The van der Waals surface area contributed by atoms with E-state index in [1.807, 2.05) is 71.6 Å². The highest BCUT2D eigenvalue weighted by Crippen LogP contribution is 2.30. The molecule has 15 heteroatoms. The van der Waals surface area contributed by atoms with Crippen LogP contribution in [0.2, 0.25) is 0 Å². The molecule has 6 heterocycles. The molecular formula is C46H42N8O5S2. The molecule has 0 saturated carbocycles. The third kappa shape index (κ3) is 11.6. The molecule has 2 aliphatic heterocycles. The van der Waals surface area contributed by atoms with E-state index in [1.165, 1.54) is 29.6 Å². The fourth-order valence-electron chi connectivity index (χ4n) is 6.47. The minimum Gasteiger partial charge on any atom is -0.478 e. The third-order valence-electron chi connectivity index (χ3n) is 9.78. The number of hydrogen-bond donors (Lipinski definition) is 2. The molecule has 13 nitrogen and oxygen atoms in total. The first-order valence-corrected chi connectivity index (χ1v) is 21.0. The lowest BCUT2D eigenvalue weighted by Crippen LogP contribution is -2.49. The second-order valence-corrected chi connectivity index (χ2v) is 16.1. The number of nitrogens with zero attached hydrogens (tertiary/aromatic N) is 7. The number of hydrogen-bond acceptors (Lipinski definition) is 13. The number of thiophene rings is 2. The maximum Gasteiger partial charge on any atom is 0.335 e. The van der Waals surface area contributed by atoms with E-state index in [9.17, 15) is 19.2 Å². The Morgan fingerprint density at radius 3 is 1.52 bits per heavy atom. The molecule has 2 N–H and O–H groups in total. The van der Waals surface area contributed by atoms with Gasteiger partial charge in [-0.05, 0) is 97.8 Å². The molecule has 2 saturated heterocycles. The molecular weight excluding hydrogens is 809 g/mol. The van der Waals surface area contributed by atoms with Gasteiger partial charge in [-0.3, -0.25) is 14.4 Å². The Balaban J connectivity index is 0.000000169. The van der Waals surface area contributed by atoms with E-state index in [4.69, 9.17) is 15.6 Å². The maximum atomic E-state index is 13.0. The number of carbonyl (C=O) groups is 4. The number of pyridine rings is 2. The summed E-state index contributed by atoms with van der Waals surface area (Å²) in [6, 6.07) is 33.1. The van der Waals surface area contributed by atoms with E-state index in [2.05, 4.69) is 37.2 Å². The smallest absolute Gasteiger partial charge is 0.335 e. The van der Waals surface area contributed by atoms with Crippen LogP contribution in [0, 0.1) is 22.7 Å². The van der Waals surface area contributed by atoms with Crippen molar-refractivity contribution in [3.05, 3.63) is 141 Å². The van der Waals surface area contributed by atoms with Crippen LogP contribution in [-0.2, 0) is 0 Å². The van der Waals surface area contributed by atoms with Crippen molar-refractivity contribution < 1.29 is 24.3 Å². The van der Waals surface area contributed by atoms with Crippen LogP contribution >= 0.6 is 22.7 Å². The van der Waals surface area contributed by atoms with Gasteiger partial charge in [0.2, 0.25) is 0 Å². The minimum absolute atomic E-state index is 0.00707. The zero-order valence-corrected chi connectivity index (χ0v) is 35.2. The number of carboxylic acid groups (broad SMARTS) is 1. The Morgan fingerprint density at radius 1 is 0.623 bits per heavy atom. The second-order valence-electron chi connectivity index (χ2n) is 14.0. The van der Waals surface area contributed by atoms with E-state index >= 15 is 0 Å². The molecule has 1 amide bonds. The summed E-state index contributed by atoms with van der Waals surface area (Å²) in [4.78, 5) is 64.7. The Bertz CT molecular complexity index is 2580. The molecule has 0 bridgehead atoms. The van der Waals surface area contributed by atoms with Crippen LogP contribution < -0.4 is 15.1 Å². The predicted molar refractivity (Wildman–Crippen MR) is 238 cm³/mol. The molecule has 8 rings (SSSR count). The molecule has 0 unspecified atom stereocenters. The van der Waals surface area contributed by atoms with Crippen LogP contribution in [0.4, 0.5) is 11.6 Å². The lowest BCUT2D eigenvalue weighted by atomic mass is 10.1. The zero-order chi connectivity index (χ0) is 43.3. The predicted octanol–water partition coefficient (Wildman–Crippen LogP) is 7.53. The summed E-state index contributed by atoms with van der Waals surface area (Å²) in [7, 11) is 0. The van der Waals surface area contributed by atoms with Gasteiger partial charge in [0.1, 0.15) is 23.8 Å². The Labute approximate surface area is 361 Å². The fraction of sp³-hybridized carbons (Fsp3) is 0.217. The summed E-state index contributed by atoms with van der Waals surface area (Å²) >= 11 is 2.81. The van der Waals surface area contributed by atoms with Crippen molar-refractivity contribution in [3.8, 4) is 33.0 Å². The number of aromatic carboxylic acids is 1. The number of Topliss-reactive ketones (excluding diaryl/α,β-unsaturated/α-hetero) is 2. The molecule has 0 aliphatic carbocycles. The average molecular weight is 851 g/mol. The van der Waals surface area contributed by atoms with Crippen LogP contribution in [0.5, 0.6) is 0 Å². The molecule has 61 heavy (non-hydrogen) atoms. The van der Waals surface area contributed by atoms with E-state index in [-0.39, 0.29) is 23.0 Å². The van der Waals surface area contributed by atoms with Crippen molar-refractivity contribution in [1.29, 1.82) is 10.5 Å². The van der Waals surface area contributed by atoms with Gasteiger partial charge >= 0.3 is 5.97 Å². The van der Waals surface area contributed by atoms with Crippen molar-refractivity contribution in [3.63, 3.8) is 0 Å². The van der Waals surface area contributed by atoms with Crippen molar-refractivity contribution in [2.24, 2.45) is 0 Å². The summed E-state index contributed by atoms with van der Waals surface area (Å²) in [6.07, 6.45) is 3.19. The Kier molecular flexibility index (Phi) is 14.8. The van der Waals surface area contributed by atoms with Gasteiger partial charge in [0, 0.05) is 80.1 Å². The average Bonchev–Trinajstić information content (AvgIpc) is 4.02. The number of piperazine rings is 2. The van der Waals surface area contributed by atoms with Gasteiger partial charge in [-0.1, -0.05) is 24.3 Å². The number of amides is 1. The number of aromatic nitrogens is 2. The molecule has 308 valence electrons. The van der Waals surface area contributed by atoms with Gasteiger partial charge in [-0.25, -0.2) is 14.8 Å². The van der Waals surface area contributed by atoms with Crippen LogP contribution in [0.25, 0.3) is 20.9 Å². The highest BCUT2D eigenvalue weighted by Gasteiger charge is 2.23. The topological polar surface area (TPSA) is 184 Å². The molecule has 0 radical (unpaired) electrons. The summed E-state index contributed by atoms with van der Waals surface area (Å²) in [5, 5.41) is 29.7. The number of nitrogens with one attached hydrogen (secondary N) is 1.